The minimum atomic E-state index is -3.46. The van der Waals surface area contributed by atoms with E-state index in [1.165, 1.54) is 4.90 Å². The van der Waals surface area contributed by atoms with Crippen LogP contribution in [0.5, 0.6) is 0 Å². The predicted molar refractivity (Wildman–Crippen MR) is 104 cm³/mol. The van der Waals surface area contributed by atoms with E-state index in [-0.39, 0.29) is 28.9 Å². The van der Waals surface area contributed by atoms with Crippen molar-refractivity contribution in [1.82, 2.24) is 4.90 Å². The maximum atomic E-state index is 12.6. The standard InChI is InChI=1S/C19H23ClN2O4S/c1-2-21-9-11-22(12-10-21)19(23)18-8-7-16(26-18)14-27(24,25)13-15-5-3-4-6-17(15)20/h3-8H,2,9-14H2,1H3/p+1. The van der Waals surface area contributed by atoms with Gasteiger partial charge in [0, 0.05) is 5.02 Å². The molecule has 1 aliphatic heterocycles. The fraction of sp³-hybridized carbons (Fsp3) is 0.421. The maximum absolute atomic E-state index is 12.6. The number of quaternary nitrogens is 1. The van der Waals surface area contributed by atoms with Crippen molar-refractivity contribution in [1.29, 1.82) is 0 Å². The summed E-state index contributed by atoms with van der Waals surface area (Å²) >= 11 is 6.05. The molecular weight excluding hydrogens is 388 g/mol. The Balaban J connectivity index is 1.63. The number of furan rings is 1. The lowest BCUT2D eigenvalue weighted by atomic mass is 10.2. The zero-order valence-corrected chi connectivity index (χ0v) is 16.9. The Kier molecular flexibility index (Phi) is 6.24. The molecule has 1 saturated heterocycles. The molecule has 0 spiro atoms. The van der Waals surface area contributed by atoms with Crippen molar-refractivity contribution < 1.29 is 22.5 Å². The Hall–Kier alpha value is -1.83. The van der Waals surface area contributed by atoms with E-state index in [1.54, 1.807) is 41.3 Å². The van der Waals surface area contributed by atoms with Gasteiger partial charge in [0.25, 0.3) is 5.91 Å². The van der Waals surface area contributed by atoms with Crippen molar-refractivity contribution in [3.8, 4) is 0 Å². The van der Waals surface area contributed by atoms with Gasteiger partial charge in [0.2, 0.25) is 0 Å². The molecule has 0 bridgehead atoms. The summed E-state index contributed by atoms with van der Waals surface area (Å²) in [6.45, 7) is 6.39. The summed E-state index contributed by atoms with van der Waals surface area (Å²) < 4.78 is 30.5. The van der Waals surface area contributed by atoms with E-state index in [0.29, 0.717) is 23.7 Å². The van der Waals surface area contributed by atoms with E-state index in [0.717, 1.165) is 19.6 Å². The van der Waals surface area contributed by atoms with Crippen LogP contribution in [-0.4, -0.2) is 51.9 Å². The minimum Gasteiger partial charge on any atom is -0.455 e. The lowest BCUT2D eigenvalue weighted by Crippen LogP contribution is -3.14. The number of carbonyl (C=O) groups excluding carboxylic acids is 1. The van der Waals surface area contributed by atoms with Gasteiger partial charge in [-0.3, -0.25) is 4.79 Å². The number of piperazine rings is 1. The largest absolute Gasteiger partial charge is 0.455 e. The molecule has 8 heteroatoms. The van der Waals surface area contributed by atoms with Gasteiger partial charge in [0.15, 0.2) is 15.6 Å². The highest BCUT2D eigenvalue weighted by Gasteiger charge is 2.26. The molecule has 0 aliphatic carbocycles. The molecule has 27 heavy (non-hydrogen) atoms. The summed E-state index contributed by atoms with van der Waals surface area (Å²) in [6.07, 6.45) is 0. The van der Waals surface area contributed by atoms with Gasteiger partial charge in [0.05, 0.1) is 38.5 Å². The molecular formula is C19H24ClN2O4S+. The first-order valence-corrected chi connectivity index (χ1v) is 11.2. The van der Waals surface area contributed by atoms with Crippen LogP contribution >= 0.6 is 11.6 Å². The second-order valence-corrected chi connectivity index (χ2v) is 9.26. The third kappa shape index (κ3) is 5.12. The van der Waals surface area contributed by atoms with Crippen LogP contribution in [0.4, 0.5) is 0 Å². The van der Waals surface area contributed by atoms with Crippen molar-refractivity contribution in [3.05, 3.63) is 58.5 Å². The Labute approximate surface area is 164 Å². The number of likely N-dealkylation sites (N-methyl/N-ethyl adjacent to an activating group) is 1. The third-order valence-electron chi connectivity index (χ3n) is 4.83. The van der Waals surface area contributed by atoms with Crippen molar-refractivity contribution in [2.75, 3.05) is 32.7 Å². The normalized spacial score (nSPS) is 15.9. The molecule has 0 radical (unpaired) electrons. The molecule has 1 aromatic heterocycles. The molecule has 2 aromatic rings. The molecule has 1 aromatic carbocycles. The van der Waals surface area contributed by atoms with E-state index < -0.39 is 9.84 Å². The summed E-state index contributed by atoms with van der Waals surface area (Å²) in [4.78, 5) is 15.8. The number of amides is 1. The Morgan fingerprint density at radius 1 is 1.15 bits per heavy atom. The Morgan fingerprint density at radius 2 is 1.85 bits per heavy atom. The van der Waals surface area contributed by atoms with E-state index in [4.69, 9.17) is 16.0 Å². The number of hydrogen-bond acceptors (Lipinski definition) is 4. The monoisotopic (exact) mass is 411 g/mol. The van der Waals surface area contributed by atoms with Gasteiger partial charge >= 0.3 is 0 Å². The quantitative estimate of drug-likeness (QED) is 0.780. The summed E-state index contributed by atoms with van der Waals surface area (Å²) in [5.74, 6) is -0.154. The highest BCUT2D eigenvalue weighted by molar-refractivity contribution is 7.89. The van der Waals surface area contributed by atoms with E-state index in [1.807, 2.05) is 0 Å². The van der Waals surface area contributed by atoms with Gasteiger partial charge in [-0.1, -0.05) is 29.8 Å². The summed E-state index contributed by atoms with van der Waals surface area (Å²) in [5.41, 5.74) is 0.554. The summed E-state index contributed by atoms with van der Waals surface area (Å²) in [5, 5.41) is 0.421. The second-order valence-electron chi connectivity index (χ2n) is 6.79. The molecule has 1 amide bonds. The Bertz CT molecular complexity index is 902. The Morgan fingerprint density at radius 3 is 2.52 bits per heavy atom. The van der Waals surface area contributed by atoms with Crippen molar-refractivity contribution in [2.24, 2.45) is 0 Å². The molecule has 146 valence electrons. The summed E-state index contributed by atoms with van der Waals surface area (Å²) in [7, 11) is -3.46. The average molecular weight is 412 g/mol. The first-order chi connectivity index (χ1) is 12.9. The zero-order chi connectivity index (χ0) is 19.4. The second kappa shape index (κ2) is 8.46. The molecule has 1 aliphatic rings. The highest BCUT2D eigenvalue weighted by atomic mass is 35.5. The molecule has 0 saturated carbocycles. The minimum absolute atomic E-state index is 0.168. The van der Waals surface area contributed by atoms with Crippen LogP contribution in [0.3, 0.4) is 0 Å². The predicted octanol–water partition coefficient (Wildman–Crippen LogP) is 1.41. The molecule has 0 unspecified atom stereocenters. The number of rotatable bonds is 6. The number of hydrogen-bond donors (Lipinski definition) is 1. The molecule has 2 heterocycles. The van der Waals surface area contributed by atoms with E-state index in [2.05, 4.69) is 6.92 Å². The van der Waals surface area contributed by atoms with Gasteiger partial charge < -0.3 is 14.2 Å². The van der Waals surface area contributed by atoms with Crippen molar-refractivity contribution >= 4 is 27.3 Å². The SMILES string of the molecule is CC[NH+]1CCN(C(=O)c2ccc(CS(=O)(=O)Cc3ccccc3Cl)o2)CC1. The van der Waals surface area contributed by atoms with Crippen LogP contribution in [-0.2, 0) is 21.3 Å². The third-order valence-corrected chi connectivity index (χ3v) is 6.67. The van der Waals surface area contributed by atoms with Crippen LogP contribution in [0.25, 0.3) is 0 Å². The van der Waals surface area contributed by atoms with Gasteiger partial charge in [-0.05, 0) is 30.7 Å². The van der Waals surface area contributed by atoms with Crippen LogP contribution in [0.15, 0.2) is 40.8 Å². The molecule has 1 fully saturated rings. The van der Waals surface area contributed by atoms with E-state index in [9.17, 15) is 13.2 Å². The molecule has 0 atom stereocenters. The number of sulfone groups is 1. The lowest BCUT2D eigenvalue weighted by molar-refractivity contribution is -0.902. The average Bonchev–Trinajstić information content (AvgIpc) is 3.10. The van der Waals surface area contributed by atoms with E-state index >= 15 is 0 Å². The number of carbonyl (C=O) groups is 1. The fourth-order valence-corrected chi connectivity index (χ4v) is 4.92. The number of nitrogens with one attached hydrogen (secondary N) is 1. The number of benzene rings is 1. The molecule has 1 N–H and O–H groups in total. The van der Waals surface area contributed by atoms with Gasteiger partial charge in [-0.2, -0.15) is 0 Å². The van der Waals surface area contributed by atoms with Gasteiger partial charge in [-0.25, -0.2) is 8.42 Å². The van der Waals surface area contributed by atoms with Crippen LogP contribution in [0.2, 0.25) is 5.02 Å². The zero-order valence-electron chi connectivity index (χ0n) is 15.3. The fourth-order valence-electron chi connectivity index (χ4n) is 3.23. The number of nitrogens with zero attached hydrogens (tertiary/aromatic N) is 1. The first kappa shape index (κ1) is 19.9. The van der Waals surface area contributed by atoms with Crippen LogP contribution < -0.4 is 4.90 Å². The van der Waals surface area contributed by atoms with Crippen molar-refractivity contribution in [3.63, 3.8) is 0 Å². The highest BCUT2D eigenvalue weighted by Crippen LogP contribution is 2.21. The van der Waals surface area contributed by atoms with Crippen LogP contribution in [0.1, 0.15) is 28.8 Å². The maximum Gasteiger partial charge on any atom is 0.289 e. The first-order valence-electron chi connectivity index (χ1n) is 9.03. The van der Waals surface area contributed by atoms with Crippen molar-refractivity contribution in [2.45, 2.75) is 18.4 Å². The molecule has 6 nitrogen and oxygen atoms in total. The lowest BCUT2D eigenvalue weighted by Gasteiger charge is -2.31. The van der Waals surface area contributed by atoms with Gasteiger partial charge in [0.1, 0.15) is 11.5 Å². The topological polar surface area (TPSA) is 72.0 Å². The number of halogens is 1. The van der Waals surface area contributed by atoms with Crippen LogP contribution in [0, 0.1) is 0 Å². The smallest absolute Gasteiger partial charge is 0.289 e. The van der Waals surface area contributed by atoms with Gasteiger partial charge in [-0.15, -0.1) is 0 Å². The molecule has 3 rings (SSSR count). The summed E-state index contributed by atoms with van der Waals surface area (Å²) in [6, 6.07) is 9.97.